The maximum absolute atomic E-state index is 12.4. The molecule has 0 fully saturated rings. The summed E-state index contributed by atoms with van der Waals surface area (Å²) in [5.41, 5.74) is 3.83. The van der Waals surface area contributed by atoms with Crippen LogP contribution in [0.1, 0.15) is 17.5 Å². The average Bonchev–Trinajstić information content (AvgIpc) is 2.83. The highest BCUT2D eigenvalue weighted by atomic mass is 16.5. The highest BCUT2D eigenvalue weighted by Crippen LogP contribution is 2.37. The number of para-hydroxylation sites is 1. The topological polar surface area (TPSA) is 79.7 Å². The molecular formula is C25H24N2O4. The molecule has 4 rings (SSSR count). The van der Waals surface area contributed by atoms with E-state index in [2.05, 4.69) is 4.98 Å². The maximum Gasteiger partial charge on any atom is 0.337 e. The molecule has 1 aliphatic rings. The Kier molecular flexibility index (Phi) is 6.38. The molecule has 3 aromatic rings. The van der Waals surface area contributed by atoms with Gasteiger partial charge in [0.05, 0.1) is 17.9 Å². The molecule has 0 saturated carbocycles. The summed E-state index contributed by atoms with van der Waals surface area (Å²) in [7, 11) is 0. The van der Waals surface area contributed by atoms with Crippen molar-refractivity contribution in [2.75, 3.05) is 11.5 Å². The van der Waals surface area contributed by atoms with Crippen LogP contribution in [-0.4, -0.2) is 35.0 Å². The number of pyridine rings is 1. The van der Waals surface area contributed by atoms with Crippen molar-refractivity contribution in [3.05, 3.63) is 84.2 Å². The minimum atomic E-state index is -0.673. The molecule has 0 bridgehead atoms. The number of nitrogens with zero attached hydrogens (tertiary/aromatic N) is 2. The molecule has 158 valence electrons. The van der Waals surface area contributed by atoms with Crippen LogP contribution >= 0.6 is 0 Å². The Balaban J connectivity index is 1.66. The minimum absolute atomic E-state index is 0.0780. The standard InChI is InChI=1S/C25H24N2O4/c28-16-23(27(20-7-2-1-3-8-20)21-9-5-13-26-15-21)19-11-12-22-18(14-19)6-4-10-24(22)31-25(30)17-29/h1-10,13,15-16,19,23,29H,11-12,14,17H2. The number of esters is 1. The highest BCUT2D eigenvalue weighted by molar-refractivity contribution is 5.75. The lowest BCUT2D eigenvalue weighted by molar-refractivity contribution is -0.137. The van der Waals surface area contributed by atoms with E-state index >= 15 is 0 Å². The molecule has 0 saturated heterocycles. The van der Waals surface area contributed by atoms with Gasteiger partial charge in [0, 0.05) is 11.9 Å². The van der Waals surface area contributed by atoms with E-state index in [0.717, 1.165) is 35.2 Å². The van der Waals surface area contributed by atoms with Crippen molar-refractivity contribution in [2.45, 2.75) is 25.3 Å². The van der Waals surface area contributed by atoms with Crippen molar-refractivity contribution in [3.63, 3.8) is 0 Å². The van der Waals surface area contributed by atoms with Gasteiger partial charge < -0.3 is 19.5 Å². The van der Waals surface area contributed by atoms with E-state index in [1.807, 2.05) is 59.5 Å². The molecule has 31 heavy (non-hydrogen) atoms. The van der Waals surface area contributed by atoms with Crippen LogP contribution in [0.2, 0.25) is 0 Å². The van der Waals surface area contributed by atoms with Crippen molar-refractivity contribution < 1.29 is 19.4 Å². The average molecular weight is 416 g/mol. The van der Waals surface area contributed by atoms with Gasteiger partial charge >= 0.3 is 5.97 Å². The number of fused-ring (bicyclic) bond motifs is 1. The molecule has 2 unspecified atom stereocenters. The van der Waals surface area contributed by atoms with Gasteiger partial charge in [-0.15, -0.1) is 0 Å². The van der Waals surface area contributed by atoms with Gasteiger partial charge in [0.25, 0.3) is 0 Å². The van der Waals surface area contributed by atoms with Crippen molar-refractivity contribution in [1.82, 2.24) is 4.98 Å². The molecule has 2 aromatic carbocycles. The first-order chi connectivity index (χ1) is 15.2. The SMILES string of the molecule is O=CC(C1CCc2c(cccc2OC(=O)CO)C1)N(c1ccccc1)c1cccnc1. The van der Waals surface area contributed by atoms with Gasteiger partial charge in [-0.1, -0.05) is 30.3 Å². The van der Waals surface area contributed by atoms with E-state index in [1.165, 1.54) is 0 Å². The first kappa shape index (κ1) is 20.8. The van der Waals surface area contributed by atoms with E-state index in [-0.39, 0.29) is 12.0 Å². The largest absolute Gasteiger partial charge is 0.425 e. The van der Waals surface area contributed by atoms with E-state index < -0.39 is 12.6 Å². The summed E-state index contributed by atoms with van der Waals surface area (Å²) in [6.07, 6.45) is 6.65. The van der Waals surface area contributed by atoms with E-state index in [0.29, 0.717) is 18.6 Å². The maximum atomic E-state index is 12.4. The number of carbonyl (C=O) groups is 2. The summed E-state index contributed by atoms with van der Waals surface area (Å²) < 4.78 is 5.29. The molecule has 1 N–H and O–H groups in total. The summed E-state index contributed by atoms with van der Waals surface area (Å²) in [5, 5.41) is 9.00. The number of anilines is 2. The highest BCUT2D eigenvalue weighted by Gasteiger charge is 2.33. The summed E-state index contributed by atoms with van der Waals surface area (Å²) in [6, 6.07) is 18.9. The van der Waals surface area contributed by atoms with Crippen LogP contribution < -0.4 is 9.64 Å². The van der Waals surface area contributed by atoms with Gasteiger partial charge in [-0.2, -0.15) is 0 Å². The number of ether oxygens (including phenoxy) is 1. The number of carbonyl (C=O) groups excluding carboxylic acids is 2. The van der Waals surface area contributed by atoms with Gasteiger partial charge in [0.2, 0.25) is 0 Å². The molecule has 6 heteroatoms. The van der Waals surface area contributed by atoms with Crippen LogP contribution in [0.25, 0.3) is 0 Å². The minimum Gasteiger partial charge on any atom is -0.425 e. The first-order valence-corrected chi connectivity index (χ1v) is 10.3. The Bertz CT molecular complexity index is 1000. The number of rotatable bonds is 7. The van der Waals surface area contributed by atoms with Gasteiger partial charge in [-0.05, 0) is 66.6 Å². The second-order valence-electron chi connectivity index (χ2n) is 7.57. The summed E-state index contributed by atoms with van der Waals surface area (Å²) in [5.74, 6) is -0.104. The fraction of sp³-hybridized carbons (Fsp3) is 0.240. The lowest BCUT2D eigenvalue weighted by Gasteiger charge is -2.37. The van der Waals surface area contributed by atoms with E-state index in [1.54, 1.807) is 18.5 Å². The number of benzene rings is 2. The molecule has 0 aliphatic heterocycles. The third-order valence-corrected chi connectivity index (χ3v) is 5.71. The van der Waals surface area contributed by atoms with Crippen molar-refractivity contribution in [2.24, 2.45) is 5.92 Å². The van der Waals surface area contributed by atoms with Gasteiger partial charge in [0.15, 0.2) is 0 Å². The van der Waals surface area contributed by atoms with Crippen LogP contribution in [-0.2, 0) is 22.4 Å². The normalized spacial score (nSPS) is 16.1. The van der Waals surface area contributed by atoms with E-state index in [9.17, 15) is 9.59 Å². The summed E-state index contributed by atoms with van der Waals surface area (Å²) in [6.45, 7) is -0.656. The predicted molar refractivity (Wildman–Crippen MR) is 117 cm³/mol. The number of hydrogen-bond acceptors (Lipinski definition) is 6. The smallest absolute Gasteiger partial charge is 0.337 e. The Morgan fingerprint density at radius 2 is 1.94 bits per heavy atom. The van der Waals surface area contributed by atoms with Gasteiger partial charge in [0.1, 0.15) is 18.6 Å². The zero-order valence-corrected chi connectivity index (χ0v) is 17.1. The van der Waals surface area contributed by atoms with Crippen LogP contribution in [0.3, 0.4) is 0 Å². The zero-order valence-electron chi connectivity index (χ0n) is 17.1. The van der Waals surface area contributed by atoms with Crippen molar-refractivity contribution in [1.29, 1.82) is 0 Å². The molecule has 0 spiro atoms. The van der Waals surface area contributed by atoms with Crippen LogP contribution in [0, 0.1) is 5.92 Å². The second kappa shape index (κ2) is 9.53. The number of aliphatic hydroxyl groups excluding tert-OH is 1. The number of aliphatic hydroxyl groups is 1. The molecule has 1 heterocycles. The van der Waals surface area contributed by atoms with Gasteiger partial charge in [-0.25, -0.2) is 4.79 Å². The van der Waals surface area contributed by atoms with E-state index in [4.69, 9.17) is 9.84 Å². The Morgan fingerprint density at radius 1 is 1.13 bits per heavy atom. The fourth-order valence-electron chi connectivity index (χ4n) is 4.30. The van der Waals surface area contributed by atoms with Crippen molar-refractivity contribution >= 4 is 23.6 Å². The van der Waals surface area contributed by atoms with Crippen molar-refractivity contribution in [3.8, 4) is 5.75 Å². The first-order valence-electron chi connectivity index (χ1n) is 10.3. The lowest BCUT2D eigenvalue weighted by atomic mass is 9.79. The molecular weight excluding hydrogens is 392 g/mol. The Morgan fingerprint density at radius 3 is 2.65 bits per heavy atom. The molecule has 0 amide bonds. The quantitative estimate of drug-likeness (QED) is 0.361. The third kappa shape index (κ3) is 4.49. The molecule has 0 radical (unpaired) electrons. The Hall–Kier alpha value is -3.51. The zero-order chi connectivity index (χ0) is 21.6. The number of aromatic nitrogens is 1. The summed E-state index contributed by atoms with van der Waals surface area (Å²) >= 11 is 0. The number of aldehydes is 1. The fourth-order valence-corrected chi connectivity index (χ4v) is 4.30. The van der Waals surface area contributed by atoms with Crippen LogP contribution in [0.4, 0.5) is 11.4 Å². The molecule has 1 aromatic heterocycles. The predicted octanol–water partition coefficient (Wildman–Crippen LogP) is 3.49. The third-order valence-electron chi connectivity index (χ3n) is 5.71. The molecule has 6 nitrogen and oxygen atoms in total. The summed E-state index contributed by atoms with van der Waals surface area (Å²) in [4.78, 5) is 30.3. The molecule has 2 atom stereocenters. The lowest BCUT2D eigenvalue weighted by Crippen LogP contribution is -2.41. The number of hydrogen-bond donors (Lipinski definition) is 1. The van der Waals surface area contributed by atoms with Crippen LogP contribution in [0.5, 0.6) is 5.75 Å². The molecule has 1 aliphatic carbocycles. The second-order valence-corrected chi connectivity index (χ2v) is 7.57. The monoisotopic (exact) mass is 416 g/mol. The Labute approximate surface area is 181 Å². The van der Waals surface area contributed by atoms with Crippen LogP contribution in [0.15, 0.2) is 73.1 Å². The van der Waals surface area contributed by atoms with Gasteiger partial charge in [-0.3, -0.25) is 4.98 Å².